The van der Waals surface area contributed by atoms with Crippen molar-refractivity contribution in [1.82, 2.24) is 0 Å². The third kappa shape index (κ3) is 3.95. The number of rotatable bonds is 6. The van der Waals surface area contributed by atoms with Gasteiger partial charge in [-0.25, -0.2) is 4.79 Å². The SMILES string of the molecule is CCOC(=O)C(CC)Oc1cc(O)c2c(=O)cc(-c3ccccc3)oc2c1. The molecule has 2 aromatic carbocycles. The molecule has 6 heteroatoms. The van der Waals surface area contributed by atoms with Crippen molar-refractivity contribution in [2.45, 2.75) is 26.4 Å². The first kappa shape index (κ1) is 18.5. The normalized spacial score (nSPS) is 11.9. The van der Waals surface area contributed by atoms with Crippen LogP contribution in [0.25, 0.3) is 22.3 Å². The number of hydrogen-bond acceptors (Lipinski definition) is 6. The molecule has 1 heterocycles. The molecular formula is C21H20O6. The molecule has 0 aliphatic rings. The number of benzene rings is 2. The minimum atomic E-state index is -0.814. The monoisotopic (exact) mass is 368 g/mol. The van der Waals surface area contributed by atoms with Crippen LogP contribution < -0.4 is 10.2 Å². The van der Waals surface area contributed by atoms with E-state index in [9.17, 15) is 14.7 Å². The Hall–Kier alpha value is -3.28. The zero-order valence-electron chi connectivity index (χ0n) is 15.1. The maximum Gasteiger partial charge on any atom is 0.347 e. The molecule has 0 aliphatic heterocycles. The fourth-order valence-electron chi connectivity index (χ4n) is 2.75. The predicted molar refractivity (Wildman–Crippen MR) is 101 cm³/mol. The van der Waals surface area contributed by atoms with E-state index in [0.717, 1.165) is 5.56 Å². The standard InChI is InChI=1S/C21H20O6/c1-3-17(21(24)25-4-2)26-14-10-15(22)20-16(23)12-18(27-19(20)11-14)13-8-6-5-7-9-13/h5-12,17,22H,3-4H2,1-2H3. The molecule has 0 amide bonds. The summed E-state index contributed by atoms with van der Waals surface area (Å²) in [6.07, 6.45) is -0.420. The van der Waals surface area contributed by atoms with Gasteiger partial charge in [0.15, 0.2) is 11.5 Å². The molecule has 1 unspecified atom stereocenters. The number of carbonyl (C=O) groups is 1. The van der Waals surface area contributed by atoms with Gasteiger partial charge in [0, 0.05) is 23.8 Å². The highest BCUT2D eigenvalue weighted by molar-refractivity contribution is 5.86. The van der Waals surface area contributed by atoms with Crippen molar-refractivity contribution in [2.24, 2.45) is 0 Å². The predicted octanol–water partition coefficient (Wildman–Crippen LogP) is 3.89. The summed E-state index contributed by atoms with van der Waals surface area (Å²) in [5.74, 6) is -0.163. The lowest BCUT2D eigenvalue weighted by Crippen LogP contribution is -2.28. The largest absolute Gasteiger partial charge is 0.507 e. The molecule has 0 saturated heterocycles. The molecular weight excluding hydrogens is 348 g/mol. The number of ether oxygens (including phenoxy) is 2. The minimum Gasteiger partial charge on any atom is -0.507 e. The lowest BCUT2D eigenvalue weighted by Gasteiger charge is -2.16. The molecule has 0 radical (unpaired) electrons. The first-order valence-corrected chi connectivity index (χ1v) is 8.73. The Kier molecular flexibility index (Phi) is 5.45. The van der Waals surface area contributed by atoms with Crippen molar-refractivity contribution in [3.05, 3.63) is 58.8 Å². The van der Waals surface area contributed by atoms with Crippen LogP contribution in [-0.2, 0) is 9.53 Å². The molecule has 6 nitrogen and oxygen atoms in total. The third-order valence-electron chi connectivity index (χ3n) is 4.04. The van der Waals surface area contributed by atoms with Gasteiger partial charge < -0.3 is 19.0 Å². The van der Waals surface area contributed by atoms with Crippen molar-refractivity contribution in [3.8, 4) is 22.8 Å². The van der Waals surface area contributed by atoms with E-state index in [2.05, 4.69) is 0 Å². The number of phenolic OH excluding ortho intramolecular Hbond substituents is 1. The molecule has 140 valence electrons. The highest BCUT2D eigenvalue weighted by Crippen LogP contribution is 2.31. The topological polar surface area (TPSA) is 86.0 Å². The van der Waals surface area contributed by atoms with Crippen LogP contribution in [0, 0.1) is 0 Å². The number of carbonyl (C=O) groups excluding carboxylic acids is 1. The van der Waals surface area contributed by atoms with Crippen molar-refractivity contribution >= 4 is 16.9 Å². The molecule has 0 fully saturated rings. The van der Waals surface area contributed by atoms with Gasteiger partial charge in [-0.05, 0) is 13.3 Å². The van der Waals surface area contributed by atoms with Crippen LogP contribution in [0.3, 0.4) is 0 Å². The number of hydrogen-bond donors (Lipinski definition) is 1. The van der Waals surface area contributed by atoms with Gasteiger partial charge in [-0.15, -0.1) is 0 Å². The molecule has 3 rings (SSSR count). The van der Waals surface area contributed by atoms with Gasteiger partial charge in [0.25, 0.3) is 0 Å². The van der Waals surface area contributed by atoms with Crippen LogP contribution >= 0.6 is 0 Å². The average molecular weight is 368 g/mol. The minimum absolute atomic E-state index is 0.0613. The zero-order chi connectivity index (χ0) is 19.4. The fraction of sp³-hybridized carbons (Fsp3) is 0.238. The van der Waals surface area contributed by atoms with E-state index >= 15 is 0 Å². The van der Waals surface area contributed by atoms with Crippen LogP contribution in [0.5, 0.6) is 11.5 Å². The van der Waals surface area contributed by atoms with Gasteiger partial charge >= 0.3 is 5.97 Å². The summed E-state index contributed by atoms with van der Waals surface area (Å²) in [4.78, 5) is 24.4. The summed E-state index contributed by atoms with van der Waals surface area (Å²) in [5, 5.41) is 10.3. The second-order valence-electron chi connectivity index (χ2n) is 5.92. The highest BCUT2D eigenvalue weighted by Gasteiger charge is 2.21. The molecule has 3 aromatic rings. The van der Waals surface area contributed by atoms with E-state index in [4.69, 9.17) is 13.9 Å². The molecule has 0 aliphatic carbocycles. The Labute approximate surface area is 156 Å². The van der Waals surface area contributed by atoms with Gasteiger partial charge in [-0.3, -0.25) is 4.79 Å². The van der Waals surface area contributed by atoms with Crippen molar-refractivity contribution in [1.29, 1.82) is 0 Å². The van der Waals surface area contributed by atoms with E-state index in [1.807, 2.05) is 30.3 Å². The maximum atomic E-state index is 12.4. The first-order valence-electron chi connectivity index (χ1n) is 8.73. The Balaban J connectivity index is 2.04. The van der Waals surface area contributed by atoms with Crippen LogP contribution in [-0.4, -0.2) is 23.8 Å². The molecule has 27 heavy (non-hydrogen) atoms. The first-order chi connectivity index (χ1) is 13.0. The van der Waals surface area contributed by atoms with E-state index in [-0.39, 0.29) is 34.5 Å². The molecule has 1 N–H and O–H groups in total. The zero-order valence-corrected chi connectivity index (χ0v) is 15.1. The van der Waals surface area contributed by atoms with Gasteiger partial charge in [-0.2, -0.15) is 0 Å². The van der Waals surface area contributed by atoms with Crippen LogP contribution in [0.2, 0.25) is 0 Å². The van der Waals surface area contributed by atoms with E-state index in [1.54, 1.807) is 13.8 Å². The lowest BCUT2D eigenvalue weighted by molar-refractivity contribution is -0.151. The van der Waals surface area contributed by atoms with Crippen molar-refractivity contribution < 1.29 is 23.8 Å². The van der Waals surface area contributed by atoms with E-state index < -0.39 is 12.1 Å². The lowest BCUT2D eigenvalue weighted by atomic mass is 10.1. The molecule has 1 aromatic heterocycles. The number of phenols is 1. The summed E-state index contributed by atoms with van der Waals surface area (Å²) in [5.41, 5.74) is 0.548. The Morgan fingerprint density at radius 1 is 1.15 bits per heavy atom. The second kappa shape index (κ2) is 7.95. The Morgan fingerprint density at radius 2 is 1.89 bits per heavy atom. The Bertz CT molecular complexity index is 1010. The van der Waals surface area contributed by atoms with Crippen LogP contribution in [0.1, 0.15) is 20.3 Å². The molecule has 0 bridgehead atoms. The maximum absolute atomic E-state index is 12.4. The molecule has 0 saturated carbocycles. The average Bonchev–Trinajstić information content (AvgIpc) is 2.66. The van der Waals surface area contributed by atoms with Gasteiger partial charge in [0.2, 0.25) is 0 Å². The van der Waals surface area contributed by atoms with Crippen LogP contribution in [0.4, 0.5) is 0 Å². The molecule has 1 atom stereocenters. The second-order valence-corrected chi connectivity index (χ2v) is 5.92. The van der Waals surface area contributed by atoms with Gasteiger partial charge in [0.05, 0.1) is 6.61 Å². The summed E-state index contributed by atoms with van der Waals surface area (Å²) in [6.45, 7) is 3.75. The van der Waals surface area contributed by atoms with E-state index in [1.165, 1.54) is 18.2 Å². The summed E-state index contributed by atoms with van der Waals surface area (Å²) < 4.78 is 16.5. The highest BCUT2D eigenvalue weighted by atomic mass is 16.6. The number of esters is 1. The third-order valence-corrected chi connectivity index (χ3v) is 4.04. The fourth-order valence-corrected chi connectivity index (χ4v) is 2.75. The van der Waals surface area contributed by atoms with Gasteiger partial charge in [0.1, 0.15) is 28.2 Å². The summed E-state index contributed by atoms with van der Waals surface area (Å²) in [7, 11) is 0. The van der Waals surface area contributed by atoms with E-state index in [0.29, 0.717) is 12.2 Å². The smallest absolute Gasteiger partial charge is 0.347 e. The summed E-state index contributed by atoms with van der Waals surface area (Å²) >= 11 is 0. The van der Waals surface area contributed by atoms with Crippen molar-refractivity contribution in [3.63, 3.8) is 0 Å². The quantitative estimate of drug-likeness (QED) is 0.665. The Morgan fingerprint density at radius 3 is 2.56 bits per heavy atom. The molecule has 0 spiro atoms. The van der Waals surface area contributed by atoms with Crippen LogP contribution in [0.15, 0.2) is 57.7 Å². The summed E-state index contributed by atoms with van der Waals surface area (Å²) in [6, 6.07) is 13.3. The van der Waals surface area contributed by atoms with Gasteiger partial charge in [-0.1, -0.05) is 37.3 Å². The number of aromatic hydroxyl groups is 1. The number of fused-ring (bicyclic) bond motifs is 1. The van der Waals surface area contributed by atoms with Crippen molar-refractivity contribution in [2.75, 3.05) is 6.61 Å².